The molecule has 156 valence electrons. The fourth-order valence-corrected chi connectivity index (χ4v) is 4.23. The minimum absolute atomic E-state index is 0.115. The van der Waals surface area contributed by atoms with Crippen molar-refractivity contribution in [2.75, 3.05) is 38.1 Å². The molecule has 7 nitrogen and oxygen atoms in total. The predicted octanol–water partition coefficient (Wildman–Crippen LogP) is 2.64. The van der Waals surface area contributed by atoms with Crippen molar-refractivity contribution in [2.45, 2.75) is 19.9 Å². The normalized spacial score (nSPS) is 16.1. The molecule has 0 atom stereocenters. The quantitative estimate of drug-likeness (QED) is 0.507. The lowest BCUT2D eigenvalue weighted by Crippen LogP contribution is -2.30. The highest BCUT2D eigenvalue weighted by Gasteiger charge is 2.20. The zero-order valence-corrected chi connectivity index (χ0v) is 16.9. The smallest absolute Gasteiger partial charge is 0.294 e. The summed E-state index contributed by atoms with van der Waals surface area (Å²) < 4.78 is 30.9. The number of aryl methyl sites for hydroxylation is 1. The highest BCUT2D eigenvalue weighted by Crippen LogP contribution is 2.25. The molecule has 4 aromatic rings. The van der Waals surface area contributed by atoms with E-state index in [9.17, 15) is 13.6 Å². The topological polar surface area (TPSA) is 58.7 Å². The Balaban J connectivity index is 1.83. The highest BCUT2D eigenvalue weighted by atomic mass is 19.2. The number of benzene rings is 1. The van der Waals surface area contributed by atoms with Gasteiger partial charge in [-0.2, -0.15) is 0 Å². The van der Waals surface area contributed by atoms with Crippen molar-refractivity contribution < 1.29 is 8.78 Å². The summed E-state index contributed by atoms with van der Waals surface area (Å²) in [6.45, 7) is 5.99. The van der Waals surface area contributed by atoms with Gasteiger partial charge in [0, 0.05) is 38.3 Å². The summed E-state index contributed by atoms with van der Waals surface area (Å²) in [5, 5.41) is 0. The van der Waals surface area contributed by atoms with Gasteiger partial charge in [0.05, 0.1) is 16.6 Å². The van der Waals surface area contributed by atoms with Crippen LogP contribution < -0.4 is 10.5 Å². The van der Waals surface area contributed by atoms with Gasteiger partial charge >= 0.3 is 0 Å². The lowest BCUT2D eigenvalue weighted by atomic mass is 10.3. The minimum Gasteiger partial charge on any atom is -0.355 e. The van der Waals surface area contributed by atoms with Crippen LogP contribution in [0.4, 0.5) is 14.6 Å². The number of hydrogen-bond acceptors (Lipinski definition) is 5. The van der Waals surface area contributed by atoms with E-state index in [1.165, 1.54) is 0 Å². The van der Waals surface area contributed by atoms with Gasteiger partial charge in [-0.15, -0.1) is 0 Å². The van der Waals surface area contributed by atoms with E-state index in [2.05, 4.69) is 21.8 Å². The van der Waals surface area contributed by atoms with Crippen molar-refractivity contribution in [1.82, 2.24) is 23.8 Å². The zero-order valence-electron chi connectivity index (χ0n) is 16.9. The minimum atomic E-state index is -0.992. The third kappa shape index (κ3) is 2.84. The predicted molar refractivity (Wildman–Crippen MR) is 112 cm³/mol. The van der Waals surface area contributed by atoms with Crippen LogP contribution in [0.2, 0.25) is 0 Å². The first-order chi connectivity index (χ1) is 14.5. The number of rotatable bonds is 2. The molecule has 30 heavy (non-hydrogen) atoms. The number of likely N-dealkylation sites (N-methyl/N-ethyl adjacent to an activating group) is 1. The Kier molecular flexibility index (Phi) is 4.43. The Labute approximate surface area is 171 Å². The van der Waals surface area contributed by atoms with Crippen LogP contribution in [0.1, 0.15) is 13.3 Å². The first kappa shape index (κ1) is 18.9. The Hall–Kier alpha value is -3.07. The van der Waals surface area contributed by atoms with E-state index in [0.717, 1.165) is 50.6 Å². The molecule has 1 aromatic carbocycles. The molecule has 0 amide bonds. The third-order valence-electron chi connectivity index (χ3n) is 5.84. The van der Waals surface area contributed by atoms with E-state index in [0.29, 0.717) is 23.2 Å². The first-order valence-corrected chi connectivity index (χ1v) is 10.1. The van der Waals surface area contributed by atoms with E-state index in [1.807, 2.05) is 19.1 Å². The molecule has 1 aliphatic rings. The second-order valence-electron chi connectivity index (χ2n) is 7.73. The molecule has 0 saturated carbocycles. The maximum Gasteiger partial charge on any atom is 0.294 e. The van der Waals surface area contributed by atoms with Crippen molar-refractivity contribution in [2.24, 2.45) is 0 Å². The summed E-state index contributed by atoms with van der Waals surface area (Å²) in [4.78, 5) is 26.7. The first-order valence-electron chi connectivity index (χ1n) is 10.1. The summed E-state index contributed by atoms with van der Waals surface area (Å²) >= 11 is 0. The van der Waals surface area contributed by atoms with Crippen LogP contribution in [-0.4, -0.2) is 57.1 Å². The number of anilines is 1. The summed E-state index contributed by atoms with van der Waals surface area (Å²) in [6.07, 6.45) is 1.03. The molecule has 9 heteroatoms. The van der Waals surface area contributed by atoms with Gasteiger partial charge in [-0.1, -0.05) is 0 Å². The molecule has 0 unspecified atom stereocenters. The van der Waals surface area contributed by atoms with Gasteiger partial charge in [-0.25, -0.2) is 18.7 Å². The summed E-state index contributed by atoms with van der Waals surface area (Å²) in [6, 6.07) is 5.90. The number of nitrogens with zero attached hydrogens (tertiary/aromatic N) is 6. The molecule has 0 aliphatic carbocycles. The van der Waals surface area contributed by atoms with Gasteiger partial charge in [0.25, 0.3) is 5.56 Å². The number of imidazole rings is 1. The van der Waals surface area contributed by atoms with Crippen LogP contribution in [0.5, 0.6) is 0 Å². The molecular formula is C21H22F2N6O. The molecule has 0 spiro atoms. The molecule has 1 fully saturated rings. The van der Waals surface area contributed by atoms with Crippen LogP contribution >= 0.6 is 0 Å². The number of fused-ring (bicyclic) bond motifs is 5. The van der Waals surface area contributed by atoms with E-state index in [1.54, 1.807) is 8.97 Å². The fourth-order valence-electron chi connectivity index (χ4n) is 4.23. The Morgan fingerprint density at radius 1 is 0.967 bits per heavy atom. The highest BCUT2D eigenvalue weighted by molar-refractivity contribution is 5.87. The van der Waals surface area contributed by atoms with Gasteiger partial charge in [-0.3, -0.25) is 9.20 Å². The number of pyridine rings is 1. The third-order valence-corrected chi connectivity index (χ3v) is 5.84. The van der Waals surface area contributed by atoms with Crippen LogP contribution in [0.25, 0.3) is 27.8 Å². The van der Waals surface area contributed by atoms with Crippen molar-refractivity contribution in [3.8, 4) is 0 Å². The second kappa shape index (κ2) is 7.02. The molecule has 0 bridgehead atoms. The van der Waals surface area contributed by atoms with E-state index in [4.69, 9.17) is 4.98 Å². The van der Waals surface area contributed by atoms with Gasteiger partial charge in [0.15, 0.2) is 17.3 Å². The number of aromatic nitrogens is 4. The van der Waals surface area contributed by atoms with Gasteiger partial charge in [-0.05, 0) is 39.1 Å². The van der Waals surface area contributed by atoms with E-state index in [-0.39, 0.29) is 16.7 Å². The average Bonchev–Trinajstić information content (AvgIpc) is 2.95. The maximum absolute atomic E-state index is 14.0. The van der Waals surface area contributed by atoms with Gasteiger partial charge in [0.2, 0.25) is 5.65 Å². The van der Waals surface area contributed by atoms with Crippen molar-refractivity contribution in [3.63, 3.8) is 0 Å². The van der Waals surface area contributed by atoms with Gasteiger partial charge < -0.3 is 14.4 Å². The van der Waals surface area contributed by atoms with Crippen LogP contribution in [-0.2, 0) is 6.54 Å². The number of halogens is 2. The molecule has 1 aliphatic heterocycles. The van der Waals surface area contributed by atoms with E-state index < -0.39 is 11.6 Å². The monoisotopic (exact) mass is 412 g/mol. The van der Waals surface area contributed by atoms with Crippen molar-refractivity contribution in [1.29, 1.82) is 0 Å². The largest absolute Gasteiger partial charge is 0.355 e. The van der Waals surface area contributed by atoms with Crippen LogP contribution in [0.3, 0.4) is 0 Å². The molecule has 0 N–H and O–H groups in total. The standard InChI is InChI=1S/C21H22F2N6O/c1-3-28-16-5-6-18(27-8-4-7-26(2)9-10-27)25-19(16)29-17-12-14(23)13(22)11-15(17)24-20(29)21(28)30/h5-6,11-12H,3-4,7-10H2,1-2H3. The second-order valence-corrected chi connectivity index (χ2v) is 7.73. The zero-order chi connectivity index (χ0) is 21.0. The lowest BCUT2D eigenvalue weighted by molar-refractivity contribution is 0.360. The Bertz CT molecular complexity index is 1340. The van der Waals surface area contributed by atoms with Crippen LogP contribution in [0, 0.1) is 11.6 Å². The van der Waals surface area contributed by atoms with Crippen molar-refractivity contribution >= 4 is 33.7 Å². The van der Waals surface area contributed by atoms with Crippen LogP contribution in [0.15, 0.2) is 29.1 Å². The Morgan fingerprint density at radius 3 is 2.57 bits per heavy atom. The van der Waals surface area contributed by atoms with Crippen molar-refractivity contribution in [3.05, 3.63) is 46.3 Å². The summed E-state index contributed by atoms with van der Waals surface area (Å²) in [5.41, 5.74) is 1.50. The molecule has 1 saturated heterocycles. The average molecular weight is 412 g/mol. The number of hydrogen-bond donors (Lipinski definition) is 0. The Morgan fingerprint density at radius 2 is 1.77 bits per heavy atom. The maximum atomic E-state index is 14.0. The fraction of sp³-hybridized carbons (Fsp3) is 0.381. The molecule has 3 aromatic heterocycles. The molecule has 0 radical (unpaired) electrons. The summed E-state index contributed by atoms with van der Waals surface area (Å²) in [5.74, 6) is -1.18. The summed E-state index contributed by atoms with van der Waals surface area (Å²) in [7, 11) is 2.10. The molecule has 4 heterocycles. The lowest BCUT2D eigenvalue weighted by Gasteiger charge is -2.22. The molecule has 5 rings (SSSR count). The van der Waals surface area contributed by atoms with E-state index >= 15 is 0 Å². The SMILES string of the molecule is CCn1c(=O)c2nc3cc(F)c(F)cc3n2c2nc(N3CCCN(C)CC3)ccc21. The molecular weight excluding hydrogens is 390 g/mol. The van der Waals surface area contributed by atoms with Gasteiger partial charge in [0.1, 0.15) is 5.82 Å².